The van der Waals surface area contributed by atoms with Crippen molar-refractivity contribution in [2.45, 2.75) is 12.7 Å². The lowest BCUT2D eigenvalue weighted by atomic mass is 10.1. The zero-order valence-electron chi connectivity index (χ0n) is 12.2. The molecule has 0 aromatic heterocycles. The van der Waals surface area contributed by atoms with Crippen molar-refractivity contribution in [3.05, 3.63) is 64.1 Å². The summed E-state index contributed by atoms with van der Waals surface area (Å²) in [5, 5.41) is 4.42. The van der Waals surface area contributed by atoms with Gasteiger partial charge in [0, 0.05) is 22.3 Å². The standard InChI is InChI=1S/C16H12BrF3N2O2/c17-12-5-2-4-11(8-12)14(23)22-13-6-1-3-10(7-13)9-21-15(24)16(18,19)20/h1-8H,9H2,(H,21,24)(H,22,23). The lowest BCUT2D eigenvalue weighted by molar-refractivity contribution is -0.173. The molecule has 0 radical (unpaired) electrons. The van der Waals surface area contributed by atoms with Crippen molar-refractivity contribution >= 4 is 33.4 Å². The van der Waals surface area contributed by atoms with Gasteiger partial charge in [0.05, 0.1) is 0 Å². The van der Waals surface area contributed by atoms with Gasteiger partial charge < -0.3 is 10.6 Å². The maximum absolute atomic E-state index is 12.2. The van der Waals surface area contributed by atoms with Crippen molar-refractivity contribution in [3.8, 4) is 0 Å². The molecule has 2 aromatic carbocycles. The first-order chi connectivity index (χ1) is 11.3. The molecule has 2 aromatic rings. The highest BCUT2D eigenvalue weighted by atomic mass is 79.9. The molecular formula is C16H12BrF3N2O2. The molecule has 0 aliphatic carbocycles. The summed E-state index contributed by atoms with van der Waals surface area (Å²) in [6.45, 7) is -0.293. The number of benzene rings is 2. The highest BCUT2D eigenvalue weighted by molar-refractivity contribution is 9.10. The minimum absolute atomic E-state index is 0.293. The zero-order valence-corrected chi connectivity index (χ0v) is 13.7. The number of alkyl halides is 3. The van der Waals surface area contributed by atoms with Crippen LogP contribution < -0.4 is 10.6 Å². The van der Waals surface area contributed by atoms with Crippen LogP contribution >= 0.6 is 15.9 Å². The quantitative estimate of drug-likeness (QED) is 0.817. The summed E-state index contributed by atoms with van der Waals surface area (Å²) in [5.74, 6) is -2.36. The van der Waals surface area contributed by atoms with Gasteiger partial charge in [0.2, 0.25) is 0 Å². The van der Waals surface area contributed by atoms with Gasteiger partial charge in [-0.05, 0) is 35.9 Å². The Hall–Kier alpha value is -2.35. The van der Waals surface area contributed by atoms with Crippen LogP contribution in [0.2, 0.25) is 0 Å². The molecule has 0 bridgehead atoms. The number of anilines is 1. The van der Waals surface area contributed by atoms with E-state index in [2.05, 4.69) is 21.2 Å². The molecule has 24 heavy (non-hydrogen) atoms. The Labute approximate surface area is 144 Å². The maximum atomic E-state index is 12.2. The molecule has 0 heterocycles. The van der Waals surface area contributed by atoms with Crippen LogP contribution in [0, 0.1) is 0 Å². The molecule has 2 rings (SSSR count). The van der Waals surface area contributed by atoms with Gasteiger partial charge in [0.15, 0.2) is 0 Å². The van der Waals surface area contributed by atoms with Crippen molar-refractivity contribution in [2.24, 2.45) is 0 Å². The molecule has 126 valence electrons. The van der Waals surface area contributed by atoms with E-state index in [1.54, 1.807) is 47.8 Å². The number of carbonyl (C=O) groups is 2. The molecule has 0 aliphatic heterocycles. The monoisotopic (exact) mass is 400 g/mol. The summed E-state index contributed by atoms with van der Waals surface area (Å²) < 4.78 is 37.2. The minimum atomic E-state index is -4.92. The highest BCUT2D eigenvalue weighted by Crippen LogP contribution is 2.17. The predicted octanol–water partition coefficient (Wildman–Crippen LogP) is 3.88. The van der Waals surface area contributed by atoms with E-state index in [4.69, 9.17) is 0 Å². The number of carbonyl (C=O) groups excluding carboxylic acids is 2. The van der Waals surface area contributed by atoms with E-state index in [0.29, 0.717) is 16.8 Å². The summed E-state index contributed by atoms with van der Waals surface area (Å²) in [7, 11) is 0. The molecule has 0 unspecified atom stereocenters. The van der Waals surface area contributed by atoms with Crippen molar-refractivity contribution in [1.82, 2.24) is 5.32 Å². The highest BCUT2D eigenvalue weighted by Gasteiger charge is 2.38. The number of hydrogen-bond acceptors (Lipinski definition) is 2. The second-order valence-corrected chi connectivity index (χ2v) is 5.76. The van der Waals surface area contributed by atoms with Crippen LogP contribution in [-0.4, -0.2) is 18.0 Å². The maximum Gasteiger partial charge on any atom is 0.471 e. The topological polar surface area (TPSA) is 58.2 Å². The van der Waals surface area contributed by atoms with Crippen LogP contribution in [0.5, 0.6) is 0 Å². The molecule has 4 nitrogen and oxygen atoms in total. The summed E-state index contributed by atoms with van der Waals surface area (Å²) in [6.07, 6.45) is -4.92. The fourth-order valence-electron chi connectivity index (χ4n) is 1.87. The van der Waals surface area contributed by atoms with E-state index < -0.39 is 12.1 Å². The lowest BCUT2D eigenvalue weighted by Crippen LogP contribution is -2.36. The molecule has 0 saturated heterocycles. The van der Waals surface area contributed by atoms with Crippen molar-refractivity contribution in [1.29, 1.82) is 0 Å². The molecule has 2 amide bonds. The molecule has 8 heteroatoms. The van der Waals surface area contributed by atoms with Gasteiger partial charge in [-0.2, -0.15) is 13.2 Å². The summed E-state index contributed by atoms with van der Waals surface area (Å²) >= 11 is 3.27. The van der Waals surface area contributed by atoms with Gasteiger partial charge in [-0.25, -0.2) is 0 Å². The second kappa shape index (κ2) is 7.48. The van der Waals surface area contributed by atoms with Crippen LogP contribution in [0.15, 0.2) is 53.0 Å². The normalized spacial score (nSPS) is 11.0. The van der Waals surface area contributed by atoms with Gasteiger partial charge in [-0.15, -0.1) is 0 Å². The summed E-state index contributed by atoms with van der Waals surface area (Å²) in [6, 6.07) is 13.0. The van der Waals surface area contributed by atoms with Crippen LogP contribution in [0.3, 0.4) is 0 Å². The number of nitrogens with one attached hydrogen (secondary N) is 2. The largest absolute Gasteiger partial charge is 0.471 e. The number of rotatable bonds is 4. The third-order valence-electron chi connectivity index (χ3n) is 2.98. The molecular weight excluding hydrogens is 389 g/mol. The number of hydrogen-bond donors (Lipinski definition) is 2. The Morgan fingerprint density at radius 2 is 1.75 bits per heavy atom. The first-order valence-electron chi connectivity index (χ1n) is 6.76. The average molecular weight is 401 g/mol. The Kier molecular flexibility index (Phi) is 5.61. The van der Waals surface area contributed by atoms with E-state index in [0.717, 1.165) is 4.47 Å². The molecule has 0 spiro atoms. The van der Waals surface area contributed by atoms with Crippen LogP contribution in [0.4, 0.5) is 18.9 Å². The zero-order chi connectivity index (χ0) is 17.7. The number of amides is 2. The lowest BCUT2D eigenvalue weighted by Gasteiger charge is -2.10. The fourth-order valence-corrected chi connectivity index (χ4v) is 2.27. The van der Waals surface area contributed by atoms with Crippen molar-refractivity contribution in [2.75, 3.05) is 5.32 Å². The Balaban J connectivity index is 2.02. The van der Waals surface area contributed by atoms with Gasteiger partial charge >= 0.3 is 12.1 Å². The second-order valence-electron chi connectivity index (χ2n) is 4.85. The van der Waals surface area contributed by atoms with Gasteiger partial charge in [0.25, 0.3) is 5.91 Å². The molecule has 0 atom stereocenters. The van der Waals surface area contributed by atoms with E-state index in [9.17, 15) is 22.8 Å². The predicted molar refractivity (Wildman–Crippen MR) is 86.4 cm³/mol. The van der Waals surface area contributed by atoms with Gasteiger partial charge in [-0.1, -0.05) is 34.1 Å². The molecule has 0 aliphatic rings. The molecule has 0 saturated carbocycles. The third-order valence-corrected chi connectivity index (χ3v) is 3.48. The number of halogens is 4. The van der Waals surface area contributed by atoms with Gasteiger partial charge in [0.1, 0.15) is 0 Å². The van der Waals surface area contributed by atoms with Crippen LogP contribution in [0.25, 0.3) is 0 Å². The van der Waals surface area contributed by atoms with Gasteiger partial charge in [-0.3, -0.25) is 9.59 Å². The molecule has 0 fully saturated rings. The van der Waals surface area contributed by atoms with E-state index >= 15 is 0 Å². The van der Waals surface area contributed by atoms with Crippen LogP contribution in [-0.2, 0) is 11.3 Å². The minimum Gasteiger partial charge on any atom is -0.344 e. The van der Waals surface area contributed by atoms with E-state index in [1.807, 2.05) is 0 Å². The smallest absolute Gasteiger partial charge is 0.344 e. The molecule has 2 N–H and O–H groups in total. The Bertz CT molecular complexity index is 763. The SMILES string of the molecule is O=C(Nc1cccc(CNC(=O)C(F)(F)F)c1)c1cccc(Br)c1. The Morgan fingerprint density at radius 3 is 2.42 bits per heavy atom. The fraction of sp³-hybridized carbons (Fsp3) is 0.125. The third kappa shape index (κ3) is 5.09. The average Bonchev–Trinajstić information content (AvgIpc) is 2.52. The Morgan fingerprint density at radius 1 is 1.04 bits per heavy atom. The summed E-state index contributed by atoms with van der Waals surface area (Å²) in [5.41, 5.74) is 1.28. The first kappa shape index (κ1) is 18.0. The van der Waals surface area contributed by atoms with Crippen molar-refractivity contribution in [3.63, 3.8) is 0 Å². The van der Waals surface area contributed by atoms with E-state index in [-0.39, 0.29) is 12.5 Å². The van der Waals surface area contributed by atoms with E-state index in [1.165, 1.54) is 6.07 Å². The summed E-state index contributed by atoms with van der Waals surface area (Å²) in [4.78, 5) is 22.9. The van der Waals surface area contributed by atoms with Crippen LogP contribution in [0.1, 0.15) is 15.9 Å². The van der Waals surface area contributed by atoms with Crippen molar-refractivity contribution < 1.29 is 22.8 Å². The first-order valence-corrected chi connectivity index (χ1v) is 7.56.